The molecule has 0 aliphatic rings. The van der Waals surface area contributed by atoms with Gasteiger partial charge in [0.1, 0.15) is 0 Å². The Morgan fingerprint density at radius 3 is 2.11 bits per heavy atom. The number of aliphatic carboxylic acids is 1. The second-order valence-electron chi connectivity index (χ2n) is 5.57. The lowest BCUT2D eigenvalue weighted by atomic mass is 10.1. The summed E-state index contributed by atoms with van der Waals surface area (Å²) >= 11 is 0. The molecule has 0 amide bonds. The minimum absolute atomic E-state index is 0.0162. The highest BCUT2D eigenvalue weighted by Crippen LogP contribution is 2.21. The van der Waals surface area contributed by atoms with Crippen LogP contribution in [0.15, 0.2) is 0 Å². The highest BCUT2D eigenvalue weighted by atomic mass is 32.2. The molecule has 0 saturated heterocycles. The normalized spacial score (nSPS) is 13.2. The molecule has 1 N–H and O–H groups in total. The van der Waals surface area contributed by atoms with Gasteiger partial charge in [-0.2, -0.15) is 17.0 Å². The zero-order chi connectivity index (χ0) is 15.3. The van der Waals surface area contributed by atoms with Crippen molar-refractivity contribution < 1.29 is 18.3 Å². The van der Waals surface area contributed by atoms with Gasteiger partial charge in [-0.25, -0.2) is 0 Å². The number of rotatable bonds is 8. The summed E-state index contributed by atoms with van der Waals surface area (Å²) in [5.74, 6) is -0.999. The van der Waals surface area contributed by atoms with Crippen molar-refractivity contribution in [2.75, 3.05) is 20.1 Å². The van der Waals surface area contributed by atoms with E-state index in [9.17, 15) is 13.2 Å². The van der Waals surface area contributed by atoms with Gasteiger partial charge < -0.3 is 5.11 Å². The summed E-state index contributed by atoms with van der Waals surface area (Å²) in [5, 5.41) is 8.74. The Labute approximate surface area is 116 Å². The minimum Gasteiger partial charge on any atom is -0.481 e. The standard InChI is InChI=1S/C12H26N2O4S/c1-6-7-9-13(5)19(17,18)14(12(2,3)4)10-8-11(15)16/h6-10H2,1-5H3,(H,15,16). The lowest BCUT2D eigenvalue weighted by Gasteiger charge is -2.36. The van der Waals surface area contributed by atoms with Gasteiger partial charge in [-0.3, -0.25) is 4.79 Å². The SMILES string of the molecule is CCCCN(C)S(=O)(=O)N(CCC(=O)O)C(C)(C)C. The second-order valence-corrected chi connectivity index (χ2v) is 7.53. The van der Waals surface area contributed by atoms with Crippen molar-refractivity contribution in [3.8, 4) is 0 Å². The lowest BCUT2D eigenvalue weighted by Crippen LogP contribution is -2.52. The molecule has 0 heterocycles. The van der Waals surface area contributed by atoms with E-state index in [1.807, 2.05) is 6.92 Å². The van der Waals surface area contributed by atoms with Gasteiger partial charge in [0.2, 0.25) is 0 Å². The number of hydrogen-bond donors (Lipinski definition) is 1. The van der Waals surface area contributed by atoms with Crippen LogP contribution >= 0.6 is 0 Å². The summed E-state index contributed by atoms with van der Waals surface area (Å²) in [4.78, 5) is 10.7. The van der Waals surface area contributed by atoms with Gasteiger partial charge in [0.05, 0.1) is 6.42 Å². The van der Waals surface area contributed by atoms with Crippen LogP contribution in [0.2, 0.25) is 0 Å². The highest BCUT2D eigenvalue weighted by molar-refractivity contribution is 7.86. The number of carbonyl (C=O) groups is 1. The number of nitrogens with zero attached hydrogens (tertiary/aromatic N) is 2. The summed E-state index contributed by atoms with van der Waals surface area (Å²) in [6.07, 6.45) is 1.50. The first-order valence-electron chi connectivity index (χ1n) is 6.49. The van der Waals surface area contributed by atoms with Crippen LogP contribution in [0.5, 0.6) is 0 Å². The predicted octanol–water partition coefficient (Wildman–Crippen LogP) is 1.54. The van der Waals surface area contributed by atoms with E-state index in [2.05, 4.69) is 0 Å². The summed E-state index contributed by atoms with van der Waals surface area (Å²) in [6, 6.07) is 0. The predicted molar refractivity (Wildman–Crippen MR) is 75.2 cm³/mol. The van der Waals surface area contributed by atoms with Crippen molar-refractivity contribution in [1.82, 2.24) is 8.61 Å². The fraction of sp³-hybridized carbons (Fsp3) is 0.917. The summed E-state index contributed by atoms with van der Waals surface area (Å²) in [6.45, 7) is 7.71. The first-order chi connectivity index (χ1) is 8.53. The van der Waals surface area contributed by atoms with E-state index in [0.29, 0.717) is 6.54 Å². The number of carboxylic acid groups (broad SMARTS) is 1. The number of unbranched alkanes of at least 4 members (excludes halogenated alkanes) is 1. The van der Waals surface area contributed by atoms with E-state index in [1.54, 1.807) is 20.8 Å². The van der Waals surface area contributed by atoms with Gasteiger partial charge in [-0.05, 0) is 27.2 Å². The molecule has 0 aromatic carbocycles. The zero-order valence-corrected chi connectivity index (χ0v) is 13.3. The molecular formula is C12H26N2O4S. The molecule has 0 aliphatic heterocycles. The van der Waals surface area contributed by atoms with Gasteiger partial charge in [0.25, 0.3) is 10.2 Å². The van der Waals surface area contributed by atoms with Crippen molar-refractivity contribution in [3.05, 3.63) is 0 Å². The lowest BCUT2D eigenvalue weighted by molar-refractivity contribution is -0.137. The van der Waals surface area contributed by atoms with Crippen LogP contribution in [0.3, 0.4) is 0 Å². The average Bonchev–Trinajstić information content (AvgIpc) is 2.23. The van der Waals surface area contributed by atoms with E-state index in [4.69, 9.17) is 5.11 Å². The van der Waals surface area contributed by atoms with Crippen molar-refractivity contribution in [3.63, 3.8) is 0 Å². The van der Waals surface area contributed by atoms with Crippen LogP contribution in [0.4, 0.5) is 0 Å². The van der Waals surface area contributed by atoms with Crippen LogP contribution < -0.4 is 0 Å². The smallest absolute Gasteiger partial charge is 0.304 e. The third kappa shape index (κ3) is 5.88. The maximum Gasteiger partial charge on any atom is 0.304 e. The van der Waals surface area contributed by atoms with E-state index < -0.39 is 21.7 Å². The summed E-state index contributed by atoms with van der Waals surface area (Å²) < 4.78 is 27.5. The molecule has 0 saturated carbocycles. The summed E-state index contributed by atoms with van der Waals surface area (Å²) in [7, 11) is -2.09. The van der Waals surface area contributed by atoms with Gasteiger partial charge in [0, 0.05) is 25.7 Å². The Morgan fingerprint density at radius 1 is 1.21 bits per heavy atom. The molecular weight excluding hydrogens is 268 g/mol. The maximum atomic E-state index is 12.5. The van der Waals surface area contributed by atoms with Gasteiger partial charge >= 0.3 is 5.97 Å². The molecule has 0 rings (SSSR count). The van der Waals surface area contributed by atoms with E-state index in [0.717, 1.165) is 12.8 Å². The minimum atomic E-state index is -3.62. The molecule has 114 valence electrons. The van der Waals surface area contributed by atoms with E-state index in [1.165, 1.54) is 15.7 Å². The van der Waals surface area contributed by atoms with Crippen molar-refractivity contribution in [2.24, 2.45) is 0 Å². The van der Waals surface area contributed by atoms with Crippen molar-refractivity contribution in [2.45, 2.75) is 52.5 Å². The molecule has 6 nitrogen and oxygen atoms in total. The van der Waals surface area contributed by atoms with Crippen molar-refractivity contribution in [1.29, 1.82) is 0 Å². The monoisotopic (exact) mass is 294 g/mol. The molecule has 0 aromatic heterocycles. The third-order valence-corrected chi connectivity index (χ3v) is 5.03. The second kappa shape index (κ2) is 7.21. The molecule has 0 aromatic rings. The van der Waals surface area contributed by atoms with Gasteiger partial charge in [0.15, 0.2) is 0 Å². The average molecular weight is 294 g/mol. The first-order valence-corrected chi connectivity index (χ1v) is 7.89. The molecule has 0 atom stereocenters. The Kier molecular flexibility index (Phi) is 6.96. The van der Waals surface area contributed by atoms with Crippen LogP contribution in [0.1, 0.15) is 47.0 Å². The van der Waals surface area contributed by atoms with Crippen LogP contribution in [0, 0.1) is 0 Å². The molecule has 7 heteroatoms. The molecule has 0 unspecified atom stereocenters. The van der Waals surface area contributed by atoms with Crippen LogP contribution in [-0.2, 0) is 15.0 Å². The molecule has 0 aliphatic carbocycles. The molecule has 0 bridgehead atoms. The molecule has 0 fully saturated rings. The first kappa shape index (κ1) is 18.3. The Morgan fingerprint density at radius 2 is 1.74 bits per heavy atom. The topological polar surface area (TPSA) is 77.9 Å². The molecule has 19 heavy (non-hydrogen) atoms. The van der Waals surface area contributed by atoms with Crippen LogP contribution in [-0.4, -0.2) is 53.8 Å². The van der Waals surface area contributed by atoms with E-state index in [-0.39, 0.29) is 13.0 Å². The molecule has 0 spiro atoms. The van der Waals surface area contributed by atoms with Gasteiger partial charge in [-0.1, -0.05) is 13.3 Å². The number of carboxylic acids is 1. The summed E-state index contributed by atoms with van der Waals surface area (Å²) in [5.41, 5.74) is -0.644. The van der Waals surface area contributed by atoms with E-state index >= 15 is 0 Å². The number of hydrogen-bond acceptors (Lipinski definition) is 3. The quantitative estimate of drug-likeness (QED) is 0.736. The Balaban J connectivity index is 5.07. The maximum absolute atomic E-state index is 12.5. The highest BCUT2D eigenvalue weighted by Gasteiger charge is 2.35. The van der Waals surface area contributed by atoms with Crippen molar-refractivity contribution >= 4 is 16.2 Å². The van der Waals surface area contributed by atoms with Gasteiger partial charge in [-0.15, -0.1) is 0 Å². The largest absolute Gasteiger partial charge is 0.481 e. The zero-order valence-electron chi connectivity index (χ0n) is 12.5. The Bertz CT molecular complexity index is 387. The third-order valence-electron chi connectivity index (χ3n) is 2.78. The van der Waals surface area contributed by atoms with Crippen LogP contribution in [0.25, 0.3) is 0 Å². The Hall–Kier alpha value is -0.660. The molecule has 0 radical (unpaired) electrons. The fourth-order valence-corrected chi connectivity index (χ4v) is 3.37. The fourth-order valence-electron chi connectivity index (χ4n) is 1.66.